The molecule has 0 aromatic carbocycles. The average Bonchev–Trinajstić information content (AvgIpc) is 2.75. The highest BCUT2D eigenvalue weighted by Gasteiger charge is 2.22. The Labute approximate surface area is 92.8 Å². The maximum Gasteiger partial charge on any atom is 0.140 e. The molecule has 16 heavy (non-hydrogen) atoms. The first-order valence-electron chi connectivity index (χ1n) is 5.32. The molecule has 0 aliphatic carbocycles. The van der Waals surface area contributed by atoms with E-state index in [1.54, 1.807) is 18.7 Å². The first-order chi connectivity index (χ1) is 7.84. The summed E-state index contributed by atoms with van der Waals surface area (Å²) in [6.45, 7) is 1.49. The Kier molecular flexibility index (Phi) is 2.18. The predicted octanol–water partition coefficient (Wildman–Crippen LogP) is 0.596. The largest absolute Gasteiger partial charge is 0.391 e. The van der Waals surface area contributed by atoms with Gasteiger partial charge < -0.3 is 10.0 Å². The predicted molar refractivity (Wildman–Crippen MR) is 60.2 cm³/mol. The number of fused-ring (bicyclic) bond motifs is 1. The Morgan fingerprint density at radius 1 is 1.38 bits per heavy atom. The average molecular weight is 216 g/mol. The second-order valence-electron chi connectivity index (χ2n) is 3.98. The molecule has 0 spiro atoms. The molecule has 82 valence electrons. The van der Waals surface area contributed by atoms with Crippen LogP contribution in [0.5, 0.6) is 0 Å². The molecule has 1 saturated heterocycles. The Morgan fingerprint density at radius 3 is 3.12 bits per heavy atom. The molecular weight excluding hydrogens is 204 g/mol. The van der Waals surface area contributed by atoms with Crippen molar-refractivity contribution in [1.29, 1.82) is 0 Å². The molecule has 1 aliphatic heterocycles. The Morgan fingerprint density at radius 2 is 2.31 bits per heavy atom. The number of β-amino-alcohol motifs (C(OH)–C–C–N with tert-alkyl or cyclic N) is 1. The monoisotopic (exact) mass is 216 g/mol. The van der Waals surface area contributed by atoms with Crippen molar-refractivity contribution < 1.29 is 5.11 Å². The number of hydrogen-bond acceptors (Lipinski definition) is 5. The number of hydrogen-bond donors (Lipinski definition) is 1. The second kappa shape index (κ2) is 3.68. The molecule has 3 heterocycles. The summed E-state index contributed by atoms with van der Waals surface area (Å²) in [5.74, 6) is 0.893. The van der Waals surface area contributed by atoms with Crippen LogP contribution in [0.2, 0.25) is 0 Å². The fourth-order valence-electron chi connectivity index (χ4n) is 2.08. The van der Waals surface area contributed by atoms with E-state index in [9.17, 15) is 5.11 Å². The van der Waals surface area contributed by atoms with E-state index in [-0.39, 0.29) is 6.10 Å². The number of aliphatic hydroxyl groups is 1. The van der Waals surface area contributed by atoms with E-state index in [0.29, 0.717) is 6.54 Å². The summed E-state index contributed by atoms with van der Waals surface area (Å²) in [4.78, 5) is 14.6. The normalized spacial score (nSPS) is 20.6. The van der Waals surface area contributed by atoms with E-state index in [1.807, 2.05) is 6.07 Å². The Hall–Kier alpha value is -1.75. The van der Waals surface area contributed by atoms with Crippen molar-refractivity contribution in [1.82, 2.24) is 15.0 Å². The first kappa shape index (κ1) is 9.47. The van der Waals surface area contributed by atoms with Crippen LogP contribution in [0.3, 0.4) is 0 Å². The van der Waals surface area contributed by atoms with Crippen molar-refractivity contribution in [3.8, 4) is 0 Å². The van der Waals surface area contributed by atoms with Crippen LogP contribution in [0.15, 0.2) is 24.8 Å². The maximum atomic E-state index is 9.54. The summed E-state index contributed by atoms with van der Waals surface area (Å²) in [6.07, 6.45) is 5.57. The molecule has 0 radical (unpaired) electrons. The molecule has 1 N–H and O–H groups in total. The summed E-state index contributed by atoms with van der Waals surface area (Å²) >= 11 is 0. The standard InChI is InChI=1S/C11H12N4O/c16-8-2-4-15(6-8)11-9-1-3-12-5-10(9)13-7-14-11/h1,3,5,7-8,16H,2,4,6H2. The third-order valence-electron chi connectivity index (χ3n) is 2.88. The van der Waals surface area contributed by atoms with Gasteiger partial charge in [0.1, 0.15) is 12.1 Å². The van der Waals surface area contributed by atoms with Gasteiger partial charge in [-0.3, -0.25) is 4.98 Å². The Balaban J connectivity index is 2.09. The smallest absolute Gasteiger partial charge is 0.140 e. The fraction of sp³-hybridized carbons (Fsp3) is 0.364. The highest BCUT2D eigenvalue weighted by Crippen LogP contribution is 2.24. The van der Waals surface area contributed by atoms with E-state index >= 15 is 0 Å². The van der Waals surface area contributed by atoms with Crippen molar-refractivity contribution >= 4 is 16.7 Å². The lowest BCUT2D eigenvalue weighted by Gasteiger charge is -2.17. The van der Waals surface area contributed by atoms with Gasteiger partial charge in [0.15, 0.2) is 0 Å². The van der Waals surface area contributed by atoms with Crippen LogP contribution in [0, 0.1) is 0 Å². The topological polar surface area (TPSA) is 62.1 Å². The van der Waals surface area contributed by atoms with Crippen molar-refractivity contribution in [3.05, 3.63) is 24.8 Å². The van der Waals surface area contributed by atoms with Crippen molar-refractivity contribution in [3.63, 3.8) is 0 Å². The van der Waals surface area contributed by atoms with E-state index in [4.69, 9.17) is 0 Å². The highest BCUT2D eigenvalue weighted by atomic mass is 16.3. The lowest BCUT2D eigenvalue weighted by atomic mass is 10.3. The number of pyridine rings is 1. The summed E-state index contributed by atoms with van der Waals surface area (Å²) in [5, 5.41) is 10.5. The molecule has 2 aromatic heterocycles. The zero-order chi connectivity index (χ0) is 11.0. The van der Waals surface area contributed by atoms with Crippen LogP contribution in [0.4, 0.5) is 5.82 Å². The SMILES string of the molecule is OC1CCN(c2ncnc3cnccc23)C1. The van der Waals surface area contributed by atoms with Crippen molar-refractivity contribution in [2.75, 3.05) is 18.0 Å². The fourth-order valence-corrected chi connectivity index (χ4v) is 2.08. The van der Waals surface area contributed by atoms with Crippen molar-refractivity contribution in [2.24, 2.45) is 0 Å². The molecule has 0 saturated carbocycles. The van der Waals surface area contributed by atoms with E-state index < -0.39 is 0 Å². The minimum absolute atomic E-state index is 0.244. The van der Waals surface area contributed by atoms with Crippen LogP contribution in [-0.2, 0) is 0 Å². The summed E-state index contributed by atoms with van der Waals surface area (Å²) in [7, 11) is 0. The summed E-state index contributed by atoms with van der Waals surface area (Å²) in [5.41, 5.74) is 0.842. The molecule has 0 amide bonds. The third kappa shape index (κ3) is 1.49. The lowest BCUT2D eigenvalue weighted by Crippen LogP contribution is -2.22. The zero-order valence-corrected chi connectivity index (χ0v) is 8.74. The van der Waals surface area contributed by atoms with Crippen LogP contribution in [-0.4, -0.2) is 39.3 Å². The van der Waals surface area contributed by atoms with E-state index in [2.05, 4.69) is 19.9 Å². The molecule has 1 unspecified atom stereocenters. The van der Waals surface area contributed by atoms with Gasteiger partial charge in [-0.25, -0.2) is 9.97 Å². The second-order valence-corrected chi connectivity index (χ2v) is 3.98. The molecule has 1 atom stereocenters. The summed E-state index contributed by atoms with van der Waals surface area (Å²) < 4.78 is 0. The van der Waals surface area contributed by atoms with Gasteiger partial charge in [0, 0.05) is 24.7 Å². The van der Waals surface area contributed by atoms with Gasteiger partial charge in [-0.1, -0.05) is 0 Å². The number of aromatic nitrogens is 3. The zero-order valence-electron chi connectivity index (χ0n) is 8.74. The number of aliphatic hydroxyl groups excluding tert-OH is 1. The lowest BCUT2D eigenvalue weighted by molar-refractivity contribution is 0.198. The van der Waals surface area contributed by atoms with Crippen LogP contribution in [0.1, 0.15) is 6.42 Å². The van der Waals surface area contributed by atoms with Gasteiger partial charge in [-0.15, -0.1) is 0 Å². The minimum Gasteiger partial charge on any atom is -0.391 e. The van der Waals surface area contributed by atoms with Gasteiger partial charge in [-0.05, 0) is 12.5 Å². The number of rotatable bonds is 1. The van der Waals surface area contributed by atoms with Crippen LogP contribution < -0.4 is 4.90 Å². The van der Waals surface area contributed by atoms with Gasteiger partial charge in [0.05, 0.1) is 17.8 Å². The first-order valence-corrected chi connectivity index (χ1v) is 5.32. The maximum absolute atomic E-state index is 9.54. The van der Waals surface area contributed by atoms with Gasteiger partial charge >= 0.3 is 0 Å². The van der Waals surface area contributed by atoms with Crippen LogP contribution >= 0.6 is 0 Å². The molecule has 1 aliphatic rings. The van der Waals surface area contributed by atoms with E-state index in [1.165, 1.54) is 0 Å². The number of nitrogens with zero attached hydrogens (tertiary/aromatic N) is 4. The minimum atomic E-state index is -0.244. The third-order valence-corrected chi connectivity index (χ3v) is 2.88. The van der Waals surface area contributed by atoms with Gasteiger partial charge in [-0.2, -0.15) is 0 Å². The molecule has 1 fully saturated rings. The quantitative estimate of drug-likeness (QED) is 0.756. The Bertz CT molecular complexity index is 511. The molecule has 2 aromatic rings. The molecule has 3 rings (SSSR count). The van der Waals surface area contributed by atoms with Crippen LogP contribution in [0.25, 0.3) is 10.9 Å². The van der Waals surface area contributed by atoms with Crippen molar-refractivity contribution in [2.45, 2.75) is 12.5 Å². The summed E-state index contributed by atoms with van der Waals surface area (Å²) in [6, 6.07) is 1.91. The molecule has 5 heteroatoms. The van der Waals surface area contributed by atoms with Gasteiger partial charge in [0.25, 0.3) is 0 Å². The van der Waals surface area contributed by atoms with E-state index in [0.717, 1.165) is 29.7 Å². The molecule has 0 bridgehead atoms. The molecule has 5 nitrogen and oxygen atoms in total. The highest BCUT2D eigenvalue weighted by molar-refractivity contribution is 5.88. The molecular formula is C11H12N4O. The number of anilines is 1. The van der Waals surface area contributed by atoms with Gasteiger partial charge in [0.2, 0.25) is 0 Å².